The summed E-state index contributed by atoms with van der Waals surface area (Å²) in [5, 5.41) is 3.02. The van der Waals surface area contributed by atoms with E-state index >= 15 is 0 Å². The summed E-state index contributed by atoms with van der Waals surface area (Å²) in [5.74, 6) is -1.53. The van der Waals surface area contributed by atoms with Gasteiger partial charge in [0.15, 0.2) is 18.2 Å². The van der Waals surface area contributed by atoms with Gasteiger partial charge >= 0.3 is 6.18 Å². The number of hydrogen-bond acceptors (Lipinski definition) is 5. The van der Waals surface area contributed by atoms with Crippen LogP contribution in [0.1, 0.15) is 12.8 Å². The van der Waals surface area contributed by atoms with Crippen molar-refractivity contribution in [3.05, 3.63) is 36.3 Å². The van der Waals surface area contributed by atoms with Gasteiger partial charge < -0.3 is 19.9 Å². The number of halogens is 4. The molecule has 0 bridgehead atoms. The molecule has 0 radical (unpaired) electrons. The summed E-state index contributed by atoms with van der Waals surface area (Å²) >= 11 is 0. The van der Waals surface area contributed by atoms with Crippen LogP contribution in [0.4, 0.5) is 40.4 Å². The number of rotatable bonds is 3. The Balaban J connectivity index is 1.45. The fourth-order valence-electron chi connectivity index (χ4n) is 3.67. The monoisotopic (exact) mass is 424 g/mol. The first-order valence-electron chi connectivity index (χ1n) is 9.50. The summed E-state index contributed by atoms with van der Waals surface area (Å²) in [6.07, 6.45) is -2.93. The second-order valence-corrected chi connectivity index (χ2v) is 7.38. The topological polar surface area (TPSA) is 57.7 Å². The van der Waals surface area contributed by atoms with Crippen LogP contribution in [0.3, 0.4) is 0 Å². The van der Waals surface area contributed by atoms with Crippen molar-refractivity contribution in [2.24, 2.45) is 5.92 Å². The van der Waals surface area contributed by atoms with Gasteiger partial charge in [0.2, 0.25) is 0 Å². The number of fused-ring (bicyclic) bond motifs is 1. The van der Waals surface area contributed by atoms with Gasteiger partial charge in [-0.25, -0.2) is 9.37 Å². The summed E-state index contributed by atoms with van der Waals surface area (Å²) in [6, 6.07) is 6.41. The van der Waals surface area contributed by atoms with E-state index in [1.165, 1.54) is 17.2 Å². The Morgan fingerprint density at radius 1 is 1.17 bits per heavy atom. The molecule has 30 heavy (non-hydrogen) atoms. The molecule has 1 fully saturated rings. The van der Waals surface area contributed by atoms with Crippen LogP contribution in [0.25, 0.3) is 0 Å². The van der Waals surface area contributed by atoms with Crippen molar-refractivity contribution in [2.75, 3.05) is 41.9 Å². The lowest BCUT2D eigenvalue weighted by Crippen LogP contribution is -2.39. The number of aromatic nitrogens is 1. The number of pyridine rings is 1. The number of carbonyl (C=O) groups excluding carboxylic acids is 1. The SMILES string of the molecule is CN1C(=O)COc2cc(Nc3cnc(N4CCC(C(F)(F)F)CC4)c(F)c3)ccc21. The van der Waals surface area contributed by atoms with Crippen LogP contribution in [0, 0.1) is 11.7 Å². The molecule has 1 saturated heterocycles. The smallest absolute Gasteiger partial charge is 0.391 e. The van der Waals surface area contributed by atoms with E-state index in [0.717, 1.165) is 0 Å². The van der Waals surface area contributed by atoms with Crippen molar-refractivity contribution in [1.82, 2.24) is 4.98 Å². The van der Waals surface area contributed by atoms with E-state index < -0.39 is 17.9 Å². The average molecular weight is 424 g/mol. The molecule has 1 aromatic heterocycles. The second-order valence-electron chi connectivity index (χ2n) is 7.38. The molecule has 1 N–H and O–H groups in total. The Labute approximate surface area is 170 Å². The van der Waals surface area contributed by atoms with E-state index in [2.05, 4.69) is 10.3 Å². The maximum absolute atomic E-state index is 14.6. The molecule has 4 rings (SSSR count). The summed E-state index contributed by atoms with van der Waals surface area (Å²) in [5.41, 5.74) is 1.65. The van der Waals surface area contributed by atoms with Gasteiger partial charge in [0.05, 0.1) is 23.5 Å². The van der Waals surface area contributed by atoms with Crippen molar-refractivity contribution in [2.45, 2.75) is 19.0 Å². The molecule has 160 valence electrons. The standard InChI is InChI=1S/C20H20F4N4O2/c1-27-16-3-2-13(9-17(16)30-11-18(27)29)26-14-8-15(21)19(25-10-14)28-6-4-12(5-7-28)20(22,23)24/h2-3,8-10,12,26H,4-7,11H2,1H3. The first kappa shape index (κ1) is 20.2. The third-order valence-electron chi connectivity index (χ3n) is 5.41. The molecule has 2 aliphatic heterocycles. The first-order valence-corrected chi connectivity index (χ1v) is 9.50. The molecule has 0 unspecified atom stereocenters. The number of anilines is 4. The van der Waals surface area contributed by atoms with Crippen LogP contribution < -0.4 is 19.9 Å². The maximum atomic E-state index is 14.6. The van der Waals surface area contributed by atoms with Gasteiger partial charge in [0.25, 0.3) is 5.91 Å². The van der Waals surface area contributed by atoms with Gasteiger partial charge in [-0.3, -0.25) is 4.79 Å². The van der Waals surface area contributed by atoms with Crippen molar-refractivity contribution >= 4 is 28.8 Å². The van der Waals surface area contributed by atoms with E-state index in [1.807, 2.05) is 0 Å². The van der Waals surface area contributed by atoms with Crippen LogP contribution in [-0.2, 0) is 4.79 Å². The molecule has 0 atom stereocenters. The second kappa shape index (κ2) is 7.66. The maximum Gasteiger partial charge on any atom is 0.391 e. The van der Waals surface area contributed by atoms with E-state index in [0.29, 0.717) is 22.8 Å². The minimum Gasteiger partial charge on any atom is -0.481 e. The lowest BCUT2D eigenvalue weighted by molar-refractivity contribution is -0.179. The zero-order valence-corrected chi connectivity index (χ0v) is 16.2. The van der Waals surface area contributed by atoms with Crippen LogP contribution in [0.5, 0.6) is 5.75 Å². The lowest BCUT2D eigenvalue weighted by atomic mass is 9.96. The Morgan fingerprint density at radius 3 is 2.57 bits per heavy atom. The van der Waals surface area contributed by atoms with Gasteiger partial charge in [0, 0.05) is 38.0 Å². The number of nitrogens with one attached hydrogen (secondary N) is 1. The number of carbonyl (C=O) groups is 1. The number of hydrogen-bond donors (Lipinski definition) is 1. The minimum atomic E-state index is -4.22. The Morgan fingerprint density at radius 2 is 1.90 bits per heavy atom. The number of piperidine rings is 1. The van der Waals surface area contributed by atoms with E-state index in [1.54, 1.807) is 30.1 Å². The molecule has 1 aromatic carbocycles. The van der Waals surface area contributed by atoms with E-state index in [9.17, 15) is 22.4 Å². The minimum absolute atomic E-state index is 0.0510. The number of benzene rings is 1. The lowest BCUT2D eigenvalue weighted by Gasteiger charge is -2.33. The predicted octanol–water partition coefficient (Wildman–Crippen LogP) is 4.10. The van der Waals surface area contributed by atoms with Crippen molar-refractivity contribution < 1.29 is 27.1 Å². The number of amides is 1. The number of nitrogens with zero attached hydrogens (tertiary/aromatic N) is 3. The van der Waals surface area contributed by atoms with Gasteiger partial charge in [-0.1, -0.05) is 0 Å². The van der Waals surface area contributed by atoms with Gasteiger partial charge in [-0.15, -0.1) is 0 Å². The molecule has 10 heteroatoms. The van der Waals surface area contributed by atoms with Crippen LogP contribution in [0.15, 0.2) is 30.5 Å². The summed E-state index contributed by atoms with van der Waals surface area (Å²) in [7, 11) is 1.66. The summed E-state index contributed by atoms with van der Waals surface area (Å²) in [4.78, 5) is 18.8. The highest BCUT2D eigenvalue weighted by Crippen LogP contribution is 2.37. The molecule has 0 saturated carbocycles. The van der Waals surface area contributed by atoms with E-state index in [-0.39, 0.29) is 44.3 Å². The Hall–Kier alpha value is -3.04. The van der Waals surface area contributed by atoms with Crippen molar-refractivity contribution in [3.63, 3.8) is 0 Å². The number of likely N-dealkylation sites (N-methyl/N-ethyl adjacent to an activating group) is 1. The molecule has 6 nitrogen and oxygen atoms in total. The van der Waals surface area contributed by atoms with Crippen LogP contribution >= 0.6 is 0 Å². The highest BCUT2D eigenvalue weighted by atomic mass is 19.4. The largest absolute Gasteiger partial charge is 0.481 e. The van der Waals surface area contributed by atoms with Crippen LogP contribution in [0.2, 0.25) is 0 Å². The average Bonchev–Trinajstić information content (AvgIpc) is 2.70. The highest BCUT2D eigenvalue weighted by Gasteiger charge is 2.41. The molecule has 1 amide bonds. The van der Waals surface area contributed by atoms with Gasteiger partial charge in [-0.05, 0) is 25.0 Å². The third-order valence-corrected chi connectivity index (χ3v) is 5.41. The van der Waals surface area contributed by atoms with Crippen molar-refractivity contribution in [1.29, 1.82) is 0 Å². The molecule has 2 aliphatic rings. The summed E-state index contributed by atoms with van der Waals surface area (Å²) in [6.45, 7) is 0.160. The zero-order chi connectivity index (χ0) is 21.5. The summed E-state index contributed by atoms with van der Waals surface area (Å²) < 4.78 is 58.5. The molecule has 3 heterocycles. The quantitative estimate of drug-likeness (QED) is 0.752. The molecular formula is C20H20F4N4O2. The predicted molar refractivity (Wildman–Crippen MR) is 104 cm³/mol. The first-order chi connectivity index (χ1) is 14.2. The molecular weight excluding hydrogens is 404 g/mol. The fourth-order valence-corrected chi connectivity index (χ4v) is 3.67. The highest BCUT2D eigenvalue weighted by molar-refractivity contribution is 5.97. The molecule has 2 aromatic rings. The molecule has 0 aliphatic carbocycles. The van der Waals surface area contributed by atoms with Gasteiger partial charge in [-0.2, -0.15) is 13.2 Å². The fraction of sp³-hybridized carbons (Fsp3) is 0.400. The normalized spacial score (nSPS) is 17.6. The number of ether oxygens (including phenoxy) is 1. The third kappa shape index (κ3) is 3.99. The van der Waals surface area contributed by atoms with Crippen LogP contribution in [-0.4, -0.2) is 43.8 Å². The van der Waals surface area contributed by atoms with Crippen molar-refractivity contribution in [3.8, 4) is 5.75 Å². The van der Waals surface area contributed by atoms with E-state index in [4.69, 9.17) is 4.74 Å². The Bertz CT molecular complexity index is 958. The van der Waals surface area contributed by atoms with Gasteiger partial charge in [0.1, 0.15) is 5.75 Å². The number of alkyl halides is 3. The molecule has 0 spiro atoms. The zero-order valence-electron chi connectivity index (χ0n) is 16.2. The Kier molecular flexibility index (Phi) is 5.17.